The Morgan fingerprint density at radius 2 is 1.78 bits per heavy atom. The molecule has 9 nitrogen and oxygen atoms in total. The Bertz CT molecular complexity index is 680. The standard InChI is InChI=1S/C12H17ClN4O5S/c13-9-5-8(23(14,21)22)1-2-10(9)17-11(18)6-15-3-4-16-7-12(19)20/h1-2,5,15-16H,3-4,6-7H2,(H,17,18)(H,19,20)(H2,14,21,22). The number of anilines is 1. The van der Waals surface area contributed by atoms with E-state index in [1.54, 1.807) is 0 Å². The van der Waals surface area contributed by atoms with E-state index in [0.717, 1.165) is 6.07 Å². The minimum Gasteiger partial charge on any atom is -0.480 e. The van der Waals surface area contributed by atoms with Crippen molar-refractivity contribution in [3.63, 3.8) is 0 Å². The first kappa shape index (κ1) is 19.3. The summed E-state index contributed by atoms with van der Waals surface area (Å²) in [5.41, 5.74) is 0.259. The molecule has 128 valence electrons. The third-order valence-electron chi connectivity index (χ3n) is 2.58. The highest BCUT2D eigenvalue weighted by molar-refractivity contribution is 7.89. The van der Waals surface area contributed by atoms with Crippen molar-refractivity contribution in [2.24, 2.45) is 5.14 Å². The second kappa shape index (κ2) is 8.79. The molecule has 23 heavy (non-hydrogen) atoms. The lowest BCUT2D eigenvalue weighted by Gasteiger charge is -2.09. The first-order chi connectivity index (χ1) is 10.7. The molecule has 0 spiro atoms. The molecule has 0 aliphatic carbocycles. The second-order valence-electron chi connectivity index (χ2n) is 4.48. The minimum absolute atomic E-state index is 0.0119. The third kappa shape index (κ3) is 7.39. The van der Waals surface area contributed by atoms with Crippen molar-refractivity contribution in [3.8, 4) is 0 Å². The van der Waals surface area contributed by atoms with Crippen molar-refractivity contribution in [2.75, 3.05) is 31.5 Å². The van der Waals surface area contributed by atoms with Crippen molar-refractivity contribution < 1.29 is 23.1 Å². The summed E-state index contributed by atoms with van der Waals surface area (Å²) in [5.74, 6) is -1.34. The first-order valence-electron chi connectivity index (χ1n) is 6.45. The van der Waals surface area contributed by atoms with Crippen LogP contribution in [0.5, 0.6) is 0 Å². The SMILES string of the molecule is NS(=O)(=O)c1ccc(NC(=O)CNCCNCC(=O)O)c(Cl)c1. The number of rotatable bonds is 9. The average Bonchev–Trinajstić information content (AvgIpc) is 2.43. The van der Waals surface area contributed by atoms with Crippen LogP contribution in [0.3, 0.4) is 0 Å². The molecule has 0 radical (unpaired) electrons. The van der Waals surface area contributed by atoms with Crippen molar-refractivity contribution >= 4 is 39.2 Å². The van der Waals surface area contributed by atoms with Gasteiger partial charge in [0.15, 0.2) is 0 Å². The monoisotopic (exact) mass is 364 g/mol. The number of carboxylic acid groups (broad SMARTS) is 1. The highest BCUT2D eigenvalue weighted by Crippen LogP contribution is 2.24. The summed E-state index contributed by atoms with van der Waals surface area (Å²) in [6.45, 7) is 0.629. The second-order valence-corrected chi connectivity index (χ2v) is 6.45. The molecule has 0 atom stereocenters. The van der Waals surface area contributed by atoms with Crippen LogP contribution in [0, 0.1) is 0 Å². The molecule has 1 aromatic carbocycles. The molecule has 1 amide bonds. The van der Waals surface area contributed by atoms with Gasteiger partial charge in [0.2, 0.25) is 15.9 Å². The van der Waals surface area contributed by atoms with E-state index in [9.17, 15) is 18.0 Å². The predicted octanol–water partition coefficient (Wildman–Crippen LogP) is -0.810. The van der Waals surface area contributed by atoms with Crippen LogP contribution in [-0.4, -0.2) is 51.6 Å². The number of sulfonamides is 1. The smallest absolute Gasteiger partial charge is 0.317 e. The molecule has 0 fully saturated rings. The first-order valence-corrected chi connectivity index (χ1v) is 8.38. The highest BCUT2D eigenvalue weighted by atomic mass is 35.5. The van der Waals surface area contributed by atoms with E-state index in [1.165, 1.54) is 12.1 Å². The Balaban J connectivity index is 2.41. The van der Waals surface area contributed by atoms with Gasteiger partial charge in [-0.05, 0) is 18.2 Å². The summed E-state index contributed by atoms with van der Waals surface area (Å²) in [7, 11) is -3.86. The lowest BCUT2D eigenvalue weighted by atomic mass is 10.3. The topological polar surface area (TPSA) is 151 Å². The molecule has 6 N–H and O–H groups in total. The van der Waals surface area contributed by atoms with Crippen LogP contribution in [0.4, 0.5) is 5.69 Å². The lowest BCUT2D eigenvalue weighted by Crippen LogP contribution is -2.35. The van der Waals surface area contributed by atoms with Gasteiger partial charge in [0, 0.05) is 13.1 Å². The molecule has 0 aliphatic heterocycles. The molecule has 0 aromatic heterocycles. The number of nitrogens with one attached hydrogen (secondary N) is 3. The lowest BCUT2D eigenvalue weighted by molar-refractivity contribution is -0.136. The summed E-state index contributed by atoms with van der Waals surface area (Å²) in [4.78, 5) is 21.8. The maximum absolute atomic E-state index is 11.7. The van der Waals surface area contributed by atoms with Gasteiger partial charge in [-0.3, -0.25) is 9.59 Å². The Morgan fingerprint density at radius 3 is 2.30 bits per heavy atom. The van der Waals surface area contributed by atoms with Crippen molar-refractivity contribution in [3.05, 3.63) is 23.2 Å². The van der Waals surface area contributed by atoms with E-state index in [0.29, 0.717) is 13.1 Å². The van der Waals surface area contributed by atoms with Gasteiger partial charge in [0.05, 0.1) is 28.7 Å². The predicted molar refractivity (Wildman–Crippen MR) is 84.8 cm³/mol. The normalized spacial score (nSPS) is 11.2. The van der Waals surface area contributed by atoms with Crippen LogP contribution in [0.15, 0.2) is 23.1 Å². The van der Waals surface area contributed by atoms with E-state index in [-0.39, 0.29) is 34.6 Å². The van der Waals surface area contributed by atoms with Gasteiger partial charge in [-0.15, -0.1) is 0 Å². The number of amides is 1. The maximum atomic E-state index is 11.7. The van der Waals surface area contributed by atoms with Gasteiger partial charge in [0.25, 0.3) is 0 Å². The Kier molecular flexibility index (Phi) is 7.39. The molecule has 0 saturated heterocycles. The summed E-state index contributed by atoms with van der Waals surface area (Å²) < 4.78 is 22.3. The number of nitrogens with two attached hydrogens (primary N) is 1. The molecule has 1 aromatic rings. The molecular weight excluding hydrogens is 348 g/mol. The van der Waals surface area contributed by atoms with Gasteiger partial charge < -0.3 is 21.1 Å². The number of hydrogen-bond donors (Lipinski definition) is 5. The van der Waals surface area contributed by atoms with E-state index < -0.39 is 16.0 Å². The average molecular weight is 365 g/mol. The number of aliphatic carboxylic acids is 1. The quantitative estimate of drug-likeness (QED) is 0.359. The van der Waals surface area contributed by atoms with Gasteiger partial charge in [0.1, 0.15) is 0 Å². The minimum atomic E-state index is -3.86. The van der Waals surface area contributed by atoms with E-state index in [4.69, 9.17) is 21.8 Å². The fourth-order valence-electron chi connectivity index (χ4n) is 1.54. The van der Waals surface area contributed by atoms with E-state index in [1.807, 2.05) is 0 Å². The van der Waals surface area contributed by atoms with Crippen LogP contribution in [-0.2, 0) is 19.6 Å². The van der Waals surface area contributed by atoms with Gasteiger partial charge >= 0.3 is 5.97 Å². The Morgan fingerprint density at radius 1 is 1.17 bits per heavy atom. The molecule has 11 heteroatoms. The number of carbonyl (C=O) groups is 2. The van der Waals surface area contributed by atoms with Crippen LogP contribution >= 0.6 is 11.6 Å². The zero-order chi connectivity index (χ0) is 17.5. The van der Waals surface area contributed by atoms with Gasteiger partial charge in [-0.2, -0.15) is 0 Å². The van der Waals surface area contributed by atoms with Crippen LogP contribution in [0.25, 0.3) is 0 Å². The zero-order valence-electron chi connectivity index (χ0n) is 12.0. The van der Waals surface area contributed by atoms with Gasteiger partial charge in [-0.25, -0.2) is 13.6 Å². The van der Waals surface area contributed by atoms with Crippen LogP contribution in [0.2, 0.25) is 5.02 Å². The molecular formula is C12H17ClN4O5S. The zero-order valence-corrected chi connectivity index (χ0v) is 13.6. The largest absolute Gasteiger partial charge is 0.480 e. The van der Waals surface area contributed by atoms with Crippen LogP contribution in [0.1, 0.15) is 0 Å². The van der Waals surface area contributed by atoms with Crippen molar-refractivity contribution in [1.29, 1.82) is 0 Å². The third-order valence-corrected chi connectivity index (χ3v) is 3.81. The van der Waals surface area contributed by atoms with Crippen molar-refractivity contribution in [1.82, 2.24) is 10.6 Å². The summed E-state index contributed by atoms with van der Waals surface area (Å²) in [6, 6.07) is 3.73. The number of hydrogen-bond acceptors (Lipinski definition) is 6. The highest BCUT2D eigenvalue weighted by Gasteiger charge is 2.12. The molecule has 0 bridgehead atoms. The number of halogens is 1. The molecule has 0 heterocycles. The van der Waals surface area contributed by atoms with E-state index >= 15 is 0 Å². The Hall–Kier alpha value is -1.72. The van der Waals surface area contributed by atoms with Crippen molar-refractivity contribution in [2.45, 2.75) is 4.90 Å². The summed E-state index contributed by atoms with van der Waals surface area (Å²) >= 11 is 5.89. The van der Waals surface area contributed by atoms with E-state index in [2.05, 4.69) is 16.0 Å². The molecule has 0 saturated carbocycles. The maximum Gasteiger partial charge on any atom is 0.317 e. The summed E-state index contributed by atoms with van der Waals surface area (Å²) in [5, 5.41) is 21.4. The fraction of sp³-hybridized carbons (Fsp3) is 0.333. The molecule has 0 unspecified atom stereocenters. The van der Waals surface area contributed by atoms with Crippen LogP contribution < -0.4 is 21.1 Å². The number of carboxylic acids is 1. The molecule has 1 rings (SSSR count). The number of primary sulfonamides is 1. The number of carbonyl (C=O) groups excluding carboxylic acids is 1. The number of benzene rings is 1. The molecule has 0 aliphatic rings. The fourth-order valence-corrected chi connectivity index (χ4v) is 2.37. The van der Waals surface area contributed by atoms with Gasteiger partial charge in [-0.1, -0.05) is 11.6 Å². The summed E-state index contributed by atoms with van der Waals surface area (Å²) in [6.07, 6.45) is 0. The Labute approximate surface area is 138 Å².